The van der Waals surface area contributed by atoms with Crippen molar-refractivity contribution in [1.29, 1.82) is 0 Å². The van der Waals surface area contributed by atoms with Gasteiger partial charge in [0, 0.05) is 30.5 Å². The molecule has 3 rings (SSSR count). The molecule has 0 fully saturated rings. The Morgan fingerprint density at radius 2 is 2.03 bits per heavy atom. The van der Waals surface area contributed by atoms with Gasteiger partial charge < -0.3 is 25.6 Å². The number of amides is 1. The van der Waals surface area contributed by atoms with E-state index in [1.165, 1.54) is 13.4 Å². The number of nitrogens with two attached hydrogens (primary N) is 1. The molecule has 0 aliphatic heterocycles. The van der Waals surface area contributed by atoms with Crippen molar-refractivity contribution in [2.24, 2.45) is 5.73 Å². The normalized spacial score (nSPS) is 10.8. The minimum Gasteiger partial charge on any atom is -0.496 e. The Morgan fingerprint density at radius 3 is 2.66 bits per heavy atom. The summed E-state index contributed by atoms with van der Waals surface area (Å²) in [6, 6.07) is 7.07. The Balaban J connectivity index is 2.04. The zero-order valence-electron chi connectivity index (χ0n) is 16.0. The fraction of sp³-hybridized carbons (Fsp3) is 0.250. The first-order chi connectivity index (χ1) is 14.0. The van der Waals surface area contributed by atoms with Crippen LogP contribution in [-0.2, 0) is 13.0 Å². The van der Waals surface area contributed by atoms with E-state index in [1.54, 1.807) is 25.3 Å². The number of aliphatic hydroxyl groups excluding tert-OH is 1. The number of methoxy groups -OCH3 is 2. The van der Waals surface area contributed by atoms with Crippen LogP contribution in [0.1, 0.15) is 21.5 Å². The lowest BCUT2D eigenvalue weighted by Gasteiger charge is -2.16. The highest BCUT2D eigenvalue weighted by Gasteiger charge is 2.20. The molecule has 4 N–H and O–H groups in total. The predicted molar refractivity (Wildman–Crippen MR) is 111 cm³/mol. The van der Waals surface area contributed by atoms with Crippen LogP contribution in [0.15, 0.2) is 30.6 Å². The Kier molecular flexibility index (Phi) is 6.36. The van der Waals surface area contributed by atoms with Gasteiger partial charge in [0.1, 0.15) is 23.6 Å². The van der Waals surface area contributed by atoms with Gasteiger partial charge in [0.2, 0.25) is 0 Å². The van der Waals surface area contributed by atoms with Crippen molar-refractivity contribution in [2.45, 2.75) is 13.0 Å². The lowest BCUT2D eigenvalue weighted by Crippen LogP contribution is -2.15. The highest BCUT2D eigenvalue weighted by Crippen LogP contribution is 2.34. The maximum Gasteiger partial charge on any atom is 0.252 e. The minimum atomic E-state index is -0.639. The van der Waals surface area contributed by atoms with Gasteiger partial charge in [0.15, 0.2) is 0 Å². The molecule has 0 unspecified atom stereocenters. The summed E-state index contributed by atoms with van der Waals surface area (Å²) in [5.74, 6) is 0.784. The summed E-state index contributed by atoms with van der Waals surface area (Å²) in [5, 5.41) is 13.8. The predicted octanol–water partition coefficient (Wildman–Crippen LogP) is 2.55. The van der Waals surface area contributed by atoms with E-state index in [1.807, 2.05) is 6.07 Å². The van der Waals surface area contributed by atoms with Gasteiger partial charge in [-0.2, -0.15) is 0 Å². The first-order valence-electron chi connectivity index (χ1n) is 8.81. The molecule has 0 bridgehead atoms. The molecule has 0 spiro atoms. The molecule has 29 heavy (non-hydrogen) atoms. The summed E-state index contributed by atoms with van der Waals surface area (Å²) < 4.78 is 10.5. The number of anilines is 1. The highest BCUT2D eigenvalue weighted by atomic mass is 35.5. The van der Waals surface area contributed by atoms with Crippen LogP contribution in [0.3, 0.4) is 0 Å². The van der Waals surface area contributed by atoms with Crippen LogP contribution in [0, 0.1) is 0 Å². The van der Waals surface area contributed by atoms with Gasteiger partial charge in [0.05, 0.1) is 30.3 Å². The van der Waals surface area contributed by atoms with Gasteiger partial charge in [0.25, 0.3) is 5.91 Å². The molecule has 1 heterocycles. The minimum absolute atomic E-state index is 0.134. The van der Waals surface area contributed by atoms with Crippen LogP contribution in [0.4, 0.5) is 5.82 Å². The third-order valence-corrected chi connectivity index (χ3v) is 4.78. The Bertz CT molecular complexity index is 1060. The monoisotopic (exact) mass is 416 g/mol. The molecule has 2 aromatic carbocycles. The molecule has 0 aliphatic rings. The molecule has 0 aliphatic carbocycles. The lowest BCUT2D eigenvalue weighted by molar-refractivity contribution is 0.0997. The molecule has 152 valence electrons. The van der Waals surface area contributed by atoms with E-state index in [2.05, 4.69) is 15.3 Å². The maximum atomic E-state index is 12.0. The number of hydrogen-bond acceptors (Lipinski definition) is 7. The molecule has 1 aromatic heterocycles. The highest BCUT2D eigenvalue weighted by molar-refractivity contribution is 6.32. The Morgan fingerprint density at radius 1 is 1.24 bits per heavy atom. The molecule has 0 radical (unpaired) electrons. The van der Waals surface area contributed by atoms with Crippen LogP contribution in [0.25, 0.3) is 10.9 Å². The SMILES string of the molecule is COc1ccc(CNc2ncnc3c(CCO)c(OC)c(C(N)=O)cc23)cc1Cl. The topological polar surface area (TPSA) is 120 Å². The maximum absolute atomic E-state index is 12.0. The number of halogens is 1. The van der Waals surface area contributed by atoms with Crippen LogP contribution in [0.2, 0.25) is 5.02 Å². The molecule has 1 amide bonds. The van der Waals surface area contributed by atoms with Crippen molar-refractivity contribution < 1.29 is 19.4 Å². The molecular weight excluding hydrogens is 396 g/mol. The van der Waals surface area contributed by atoms with Crippen LogP contribution < -0.4 is 20.5 Å². The van der Waals surface area contributed by atoms with Gasteiger partial charge in [-0.1, -0.05) is 17.7 Å². The molecule has 0 saturated heterocycles. The first-order valence-corrected chi connectivity index (χ1v) is 9.19. The fourth-order valence-electron chi connectivity index (χ4n) is 3.16. The van der Waals surface area contributed by atoms with Crippen LogP contribution in [0.5, 0.6) is 11.5 Å². The van der Waals surface area contributed by atoms with Crippen LogP contribution >= 0.6 is 11.6 Å². The number of carbonyl (C=O) groups excluding carboxylic acids is 1. The summed E-state index contributed by atoms with van der Waals surface area (Å²) in [4.78, 5) is 20.6. The standard InChI is InChI=1S/C20H21ClN4O4/c1-28-16-4-3-11(7-15(16)21)9-23-20-13-8-14(19(22)27)18(29-2)12(5-6-26)17(13)24-10-25-20/h3-4,7-8,10,26H,5-6,9H2,1-2H3,(H2,22,27)(H,23,24,25). The summed E-state index contributed by atoms with van der Waals surface area (Å²) in [7, 11) is 3.00. The largest absolute Gasteiger partial charge is 0.496 e. The van der Waals surface area contributed by atoms with Gasteiger partial charge in [-0.05, 0) is 23.8 Å². The third-order valence-electron chi connectivity index (χ3n) is 4.48. The second kappa shape index (κ2) is 8.93. The van der Waals surface area contributed by atoms with Gasteiger partial charge in [-0.15, -0.1) is 0 Å². The first kappa shape index (κ1) is 20.6. The van der Waals surface area contributed by atoms with E-state index in [4.69, 9.17) is 26.8 Å². The quantitative estimate of drug-likeness (QED) is 0.516. The number of aromatic nitrogens is 2. The zero-order chi connectivity index (χ0) is 21.0. The summed E-state index contributed by atoms with van der Waals surface area (Å²) in [5.41, 5.74) is 7.83. The molecular formula is C20H21ClN4O4. The van der Waals surface area contributed by atoms with Crippen molar-refractivity contribution in [3.63, 3.8) is 0 Å². The van der Waals surface area contributed by atoms with Gasteiger partial charge in [-0.3, -0.25) is 4.79 Å². The number of nitrogens with one attached hydrogen (secondary N) is 1. The summed E-state index contributed by atoms with van der Waals surface area (Å²) >= 11 is 6.18. The molecule has 3 aromatic rings. The van der Waals surface area contributed by atoms with Crippen molar-refractivity contribution in [1.82, 2.24) is 9.97 Å². The second-order valence-electron chi connectivity index (χ2n) is 6.21. The molecule has 9 heteroatoms. The molecule has 8 nitrogen and oxygen atoms in total. The van der Waals surface area contributed by atoms with Crippen molar-refractivity contribution >= 4 is 34.2 Å². The average molecular weight is 417 g/mol. The Labute approximate surface area is 172 Å². The van der Waals surface area contributed by atoms with Gasteiger partial charge in [-0.25, -0.2) is 9.97 Å². The summed E-state index contributed by atoms with van der Waals surface area (Å²) in [6.45, 7) is 0.299. The lowest BCUT2D eigenvalue weighted by atomic mass is 10.0. The smallest absolute Gasteiger partial charge is 0.252 e. The number of aliphatic hydroxyl groups is 1. The third kappa shape index (κ3) is 4.18. The fourth-order valence-corrected chi connectivity index (χ4v) is 3.44. The van der Waals surface area contributed by atoms with E-state index in [0.29, 0.717) is 45.4 Å². The number of primary amides is 1. The number of nitrogens with zero attached hydrogens (tertiary/aromatic N) is 2. The van der Waals surface area contributed by atoms with Gasteiger partial charge >= 0.3 is 0 Å². The number of hydrogen-bond donors (Lipinski definition) is 3. The van der Waals surface area contributed by atoms with Crippen molar-refractivity contribution in [3.05, 3.63) is 52.3 Å². The van der Waals surface area contributed by atoms with E-state index in [-0.39, 0.29) is 18.6 Å². The average Bonchev–Trinajstić information content (AvgIpc) is 2.72. The van der Waals surface area contributed by atoms with E-state index >= 15 is 0 Å². The van der Waals surface area contributed by atoms with Crippen LogP contribution in [-0.4, -0.2) is 41.8 Å². The van der Waals surface area contributed by atoms with E-state index in [9.17, 15) is 9.90 Å². The van der Waals surface area contributed by atoms with Crippen molar-refractivity contribution in [2.75, 3.05) is 26.1 Å². The number of ether oxygens (including phenoxy) is 2. The Hall–Kier alpha value is -3.10. The molecule has 0 atom stereocenters. The number of fused-ring (bicyclic) bond motifs is 1. The van der Waals surface area contributed by atoms with E-state index < -0.39 is 5.91 Å². The number of rotatable bonds is 8. The van der Waals surface area contributed by atoms with Crippen molar-refractivity contribution in [3.8, 4) is 11.5 Å². The van der Waals surface area contributed by atoms with E-state index in [0.717, 1.165) is 5.56 Å². The summed E-state index contributed by atoms with van der Waals surface area (Å²) in [6.07, 6.45) is 1.67. The number of carbonyl (C=O) groups is 1. The number of benzene rings is 2. The zero-order valence-corrected chi connectivity index (χ0v) is 16.8. The second-order valence-corrected chi connectivity index (χ2v) is 6.62. The molecule has 0 saturated carbocycles.